The van der Waals surface area contributed by atoms with E-state index < -0.39 is 35.1 Å². The van der Waals surface area contributed by atoms with E-state index in [1.807, 2.05) is 6.92 Å². The van der Waals surface area contributed by atoms with Crippen molar-refractivity contribution in [3.05, 3.63) is 34.9 Å². The van der Waals surface area contributed by atoms with Gasteiger partial charge in [0.15, 0.2) is 0 Å². The van der Waals surface area contributed by atoms with Gasteiger partial charge in [0.25, 0.3) is 0 Å². The van der Waals surface area contributed by atoms with Crippen molar-refractivity contribution in [3.63, 3.8) is 0 Å². The summed E-state index contributed by atoms with van der Waals surface area (Å²) in [6, 6.07) is 1.48. The first-order chi connectivity index (χ1) is 13.7. The summed E-state index contributed by atoms with van der Waals surface area (Å²) >= 11 is 0. The van der Waals surface area contributed by atoms with E-state index in [0.29, 0.717) is 31.5 Å². The summed E-state index contributed by atoms with van der Waals surface area (Å²) in [6.45, 7) is 3.99. The average molecular weight is 440 g/mol. The molecule has 1 saturated heterocycles. The Morgan fingerprint density at radius 1 is 1.20 bits per heavy atom. The molecule has 2 N–H and O–H groups in total. The molecular formula is C20H26F6N2O2. The molecule has 0 radical (unpaired) electrons. The quantitative estimate of drug-likeness (QED) is 0.631. The molecule has 0 aromatic heterocycles. The molecule has 1 aromatic rings. The van der Waals surface area contributed by atoms with Crippen molar-refractivity contribution in [1.82, 2.24) is 10.6 Å². The second-order valence-electron chi connectivity index (χ2n) is 8.02. The molecule has 1 aromatic carbocycles. The third-order valence-electron chi connectivity index (χ3n) is 5.41. The van der Waals surface area contributed by atoms with Gasteiger partial charge in [-0.15, -0.1) is 0 Å². The van der Waals surface area contributed by atoms with Crippen molar-refractivity contribution >= 4 is 5.91 Å². The number of hydrogen-bond donors (Lipinski definition) is 2. The number of alkyl halides is 6. The summed E-state index contributed by atoms with van der Waals surface area (Å²) in [6.07, 6.45) is -8.94. The smallest absolute Gasteiger partial charge is 0.372 e. The van der Waals surface area contributed by atoms with Crippen LogP contribution in [0, 0.1) is 5.92 Å². The lowest BCUT2D eigenvalue weighted by Gasteiger charge is -2.39. The van der Waals surface area contributed by atoms with Crippen LogP contribution in [-0.4, -0.2) is 31.6 Å². The summed E-state index contributed by atoms with van der Waals surface area (Å²) in [5.74, 6) is 0.105. The second-order valence-corrected chi connectivity index (χ2v) is 8.02. The first-order valence-electron chi connectivity index (χ1n) is 9.60. The van der Waals surface area contributed by atoms with Crippen molar-refractivity contribution in [2.24, 2.45) is 5.92 Å². The molecule has 1 amide bonds. The fourth-order valence-corrected chi connectivity index (χ4v) is 3.38. The molecule has 0 bridgehead atoms. The predicted octanol–water partition coefficient (Wildman–Crippen LogP) is 4.70. The molecule has 0 spiro atoms. The van der Waals surface area contributed by atoms with Crippen LogP contribution < -0.4 is 10.6 Å². The molecule has 1 fully saturated rings. The summed E-state index contributed by atoms with van der Waals surface area (Å²) < 4.78 is 83.9. The third kappa shape index (κ3) is 6.60. The van der Waals surface area contributed by atoms with Gasteiger partial charge >= 0.3 is 12.4 Å². The highest BCUT2D eigenvalue weighted by Gasteiger charge is 2.38. The largest absolute Gasteiger partial charge is 0.416 e. The van der Waals surface area contributed by atoms with E-state index in [4.69, 9.17) is 4.74 Å². The number of carbonyl (C=O) groups is 1. The summed E-state index contributed by atoms with van der Waals surface area (Å²) in [5, 5.41) is 5.86. The molecule has 0 saturated carbocycles. The van der Waals surface area contributed by atoms with Gasteiger partial charge in [-0.1, -0.05) is 0 Å². The predicted molar refractivity (Wildman–Crippen MR) is 98.6 cm³/mol. The van der Waals surface area contributed by atoms with Crippen molar-refractivity contribution in [2.75, 3.05) is 20.2 Å². The zero-order chi connectivity index (χ0) is 22.7. The van der Waals surface area contributed by atoms with Crippen molar-refractivity contribution in [1.29, 1.82) is 0 Å². The zero-order valence-electron chi connectivity index (χ0n) is 17.0. The lowest BCUT2D eigenvalue weighted by atomic mass is 9.84. The van der Waals surface area contributed by atoms with Crippen molar-refractivity contribution in [3.8, 4) is 0 Å². The first kappa shape index (κ1) is 24.5. The van der Waals surface area contributed by atoms with Crippen LogP contribution in [0.4, 0.5) is 26.3 Å². The van der Waals surface area contributed by atoms with Crippen molar-refractivity contribution < 1.29 is 35.9 Å². The Morgan fingerprint density at radius 3 is 2.20 bits per heavy atom. The van der Waals surface area contributed by atoms with Crippen LogP contribution in [-0.2, 0) is 21.9 Å². The highest BCUT2D eigenvalue weighted by molar-refractivity contribution is 5.75. The van der Waals surface area contributed by atoms with Gasteiger partial charge in [0.2, 0.25) is 5.91 Å². The van der Waals surface area contributed by atoms with E-state index in [2.05, 4.69) is 10.6 Å². The minimum absolute atomic E-state index is 0.0553. The minimum Gasteiger partial charge on any atom is -0.372 e. The number of piperidine rings is 1. The molecule has 1 aliphatic rings. The minimum atomic E-state index is -4.90. The van der Waals surface area contributed by atoms with Crippen molar-refractivity contribution in [2.45, 2.75) is 57.1 Å². The number of carbonyl (C=O) groups excluding carboxylic acids is 1. The maximum Gasteiger partial charge on any atom is 0.416 e. The lowest BCUT2D eigenvalue weighted by Crippen LogP contribution is -2.52. The Hall–Kier alpha value is -1.81. The van der Waals surface area contributed by atoms with E-state index in [0.717, 1.165) is 6.42 Å². The van der Waals surface area contributed by atoms with Crippen LogP contribution in [0.3, 0.4) is 0 Å². The molecule has 1 heterocycles. The normalized spacial score (nSPS) is 23.8. The summed E-state index contributed by atoms with van der Waals surface area (Å²) in [4.78, 5) is 11.5. The summed E-state index contributed by atoms with van der Waals surface area (Å²) in [5.41, 5.74) is -3.39. The fraction of sp³-hybridized carbons (Fsp3) is 0.650. The number of halogens is 6. The topological polar surface area (TPSA) is 50.4 Å². The lowest BCUT2D eigenvalue weighted by molar-refractivity contribution is -0.143. The molecule has 2 rings (SSSR count). The van der Waals surface area contributed by atoms with Gasteiger partial charge in [0, 0.05) is 19.0 Å². The van der Waals surface area contributed by atoms with Crippen LogP contribution in [0.15, 0.2) is 18.2 Å². The Labute approximate surface area is 171 Å². The summed E-state index contributed by atoms with van der Waals surface area (Å²) in [7, 11) is 1.57. The maximum atomic E-state index is 13.0. The molecule has 30 heavy (non-hydrogen) atoms. The van der Waals surface area contributed by atoms with Crippen LogP contribution in [0.25, 0.3) is 0 Å². The zero-order valence-corrected chi connectivity index (χ0v) is 17.0. The van der Waals surface area contributed by atoms with Crippen LogP contribution in [0.2, 0.25) is 0 Å². The van der Waals surface area contributed by atoms with Gasteiger partial charge in [-0.3, -0.25) is 4.79 Å². The number of rotatable bonds is 6. The SMILES string of the molecule is CNC(=O)CC1CCC(C)(COC(C)c2cc(C(F)(F)F)cc(C(F)(F)F)c2)NC1. The molecule has 0 aliphatic carbocycles. The van der Waals surface area contributed by atoms with Gasteiger partial charge in [0.05, 0.1) is 23.8 Å². The molecule has 4 nitrogen and oxygen atoms in total. The Bertz CT molecular complexity index is 708. The van der Waals surface area contributed by atoms with Crippen LogP contribution >= 0.6 is 0 Å². The van der Waals surface area contributed by atoms with Gasteiger partial charge in [-0.2, -0.15) is 26.3 Å². The third-order valence-corrected chi connectivity index (χ3v) is 5.41. The molecule has 3 unspecified atom stereocenters. The standard InChI is InChI=1S/C20H26F6N2O2/c1-12(14-7-15(19(21,22)23)9-16(8-14)20(24,25)26)30-11-18(2)5-4-13(10-28-18)6-17(29)27-3/h7-9,12-13,28H,4-6,10-11H2,1-3H3,(H,27,29). The Balaban J connectivity index is 2.06. The van der Waals surface area contributed by atoms with Gasteiger partial charge in [-0.25, -0.2) is 0 Å². The van der Waals surface area contributed by atoms with Crippen LogP contribution in [0.5, 0.6) is 0 Å². The molecular weight excluding hydrogens is 414 g/mol. The number of hydrogen-bond acceptors (Lipinski definition) is 3. The Morgan fingerprint density at radius 2 is 1.77 bits per heavy atom. The highest BCUT2D eigenvalue weighted by atomic mass is 19.4. The number of nitrogens with one attached hydrogen (secondary N) is 2. The van der Waals surface area contributed by atoms with Gasteiger partial charge in [-0.05, 0) is 62.9 Å². The van der Waals surface area contributed by atoms with Gasteiger partial charge in [0.1, 0.15) is 0 Å². The molecule has 3 atom stereocenters. The number of amides is 1. The average Bonchev–Trinajstić information content (AvgIpc) is 2.66. The highest BCUT2D eigenvalue weighted by Crippen LogP contribution is 2.38. The number of benzene rings is 1. The Kier molecular flexibility index (Phi) is 7.45. The van der Waals surface area contributed by atoms with E-state index in [-0.39, 0.29) is 30.1 Å². The van der Waals surface area contributed by atoms with Crippen LogP contribution in [0.1, 0.15) is 55.9 Å². The van der Waals surface area contributed by atoms with E-state index in [1.165, 1.54) is 6.92 Å². The fourth-order valence-electron chi connectivity index (χ4n) is 3.38. The first-order valence-corrected chi connectivity index (χ1v) is 9.60. The van der Waals surface area contributed by atoms with E-state index >= 15 is 0 Å². The molecule has 170 valence electrons. The monoisotopic (exact) mass is 440 g/mol. The second kappa shape index (κ2) is 9.13. The molecule has 10 heteroatoms. The maximum absolute atomic E-state index is 13.0. The van der Waals surface area contributed by atoms with E-state index in [9.17, 15) is 31.1 Å². The molecule has 1 aliphatic heterocycles. The van der Waals surface area contributed by atoms with Gasteiger partial charge < -0.3 is 15.4 Å². The number of ether oxygens (including phenoxy) is 1. The van der Waals surface area contributed by atoms with E-state index in [1.54, 1.807) is 7.05 Å².